The van der Waals surface area contributed by atoms with Crippen molar-refractivity contribution in [3.63, 3.8) is 0 Å². The molecule has 0 aliphatic carbocycles. The fourth-order valence-corrected chi connectivity index (χ4v) is 11.0. The number of nitrogens with zero attached hydrogens (tertiary/aromatic N) is 5. The lowest BCUT2D eigenvalue weighted by Gasteiger charge is -2.33. The number of thiophene rings is 1. The van der Waals surface area contributed by atoms with Gasteiger partial charge in [-0.3, -0.25) is 0 Å². The van der Waals surface area contributed by atoms with E-state index in [-0.39, 0.29) is 0 Å². The van der Waals surface area contributed by atoms with Crippen LogP contribution in [0.25, 0.3) is 75.2 Å². The van der Waals surface area contributed by atoms with Crippen molar-refractivity contribution in [3.05, 3.63) is 175 Å². The minimum absolute atomic E-state index is 0.651. The quantitative estimate of drug-likeness (QED) is 0.180. The molecular weight excluding hydrogens is 735 g/mol. The molecule has 0 saturated heterocycles. The second-order valence-electron chi connectivity index (χ2n) is 14.4. The zero-order chi connectivity index (χ0) is 37.8. The van der Waals surface area contributed by atoms with Crippen LogP contribution in [0.3, 0.4) is 0 Å². The fraction of sp³-hybridized carbons (Fsp3) is 0. The highest BCUT2D eigenvalue weighted by molar-refractivity contribution is 7.99. The van der Waals surface area contributed by atoms with Gasteiger partial charge >= 0.3 is 0 Å². The lowest BCUT2D eigenvalue weighted by Crippen LogP contribution is -2.15. The van der Waals surface area contributed by atoms with Crippen molar-refractivity contribution >= 4 is 104 Å². The summed E-state index contributed by atoms with van der Waals surface area (Å²) in [6.45, 7) is 0. The van der Waals surface area contributed by atoms with E-state index in [1.54, 1.807) is 11.8 Å². The van der Waals surface area contributed by atoms with Crippen molar-refractivity contribution in [2.75, 3.05) is 4.90 Å². The van der Waals surface area contributed by atoms with Crippen molar-refractivity contribution in [1.82, 2.24) is 9.13 Å². The summed E-state index contributed by atoms with van der Waals surface area (Å²) in [4.78, 5) is 4.71. The molecule has 3 aromatic heterocycles. The maximum absolute atomic E-state index is 9.75. The van der Waals surface area contributed by atoms with Gasteiger partial charge in [0.05, 0.1) is 56.7 Å². The second kappa shape index (κ2) is 12.1. The SMILES string of the molecule is N#Cc1ccc2c(c1)c1ccccc1n2-c1ccc2c(c1)Sc1cc(-n3c4ccccc4c4cc(C#N)ccc43)ccc1N2c1ccc2sc3ccccc3c2c1. The van der Waals surface area contributed by atoms with E-state index >= 15 is 0 Å². The van der Waals surface area contributed by atoms with Gasteiger partial charge in [-0.05, 0) is 109 Å². The zero-order valence-corrected chi connectivity index (χ0v) is 31.8. The molecule has 12 rings (SSSR count). The first-order valence-corrected chi connectivity index (χ1v) is 20.3. The number of benzene rings is 8. The number of nitriles is 2. The van der Waals surface area contributed by atoms with Gasteiger partial charge in [0.2, 0.25) is 0 Å². The van der Waals surface area contributed by atoms with E-state index in [4.69, 9.17) is 0 Å². The minimum atomic E-state index is 0.651. The molecule has 0 N–H and O–H groups in total. The van der Waals surface area contributed by atoms with Crippen molar-refractivity contribution in [1.29, 1.82) is 10.5 Å². The average molecular weight is 762 g/mol. The van der Waals surface area contributed by atoms with Crippen molar-refractivity contribution in [3.8, 4) is 23.5 Å². The largest absolute Gasteiger partial charge is 0.309 e. The van der Waals surface area contributed by atoms with E-state index in [0.29, 0.717) is 11.1 Å². The Morgan fingerprint density at radius 1 is 0.386 bits per heavy atom. The highest BCUT2D eigenvalue weighted by atomic mass is 32.2. The number of anilines is 3. The molecule has 264 valence electrons. The van der Waals surface area contributed by atoms with Gasteiger partial charge in [-0.1, -0.05) is 66.4 Å². The normalized spacial score (nSPS) is 12.4. The molecule has 0 spiro atoms. The molecule has 0 unspecified atom stereocenters. The van der Waals surface area contributed by atoms with Crippen molar-refractivity contribution in [2.24, 2.45) is 0 Å². The molecule has 0 bridgehead atoms. The minimum Gasteiger partial charge on any atom is -0.309 e. The number of hydrogen-bond acceptors (Lipinski definition) is 5. The van der Waals surface area contributed by atoms with Crippen LogP contribution >= 0.6 is 23.1 Å². The number of para-hydroxylation sites is 2. The second-order valence-corrected chi connectivity index (χ2v) is 16.6. The molecule has 0 fully saturated rings. The number of aromatic nitrogens is 2. The monoisotopic (exact) mass is 761 g/mol. The Morgan fingerprint density at radius 3 is 1.46 bits per heavy atom. The van der Waals surface area contributed by atoms with Crippen molar-refractivity contribution < 1.29 is 0 Å². The lowest BCUT2D eigenvalue weighted by atomic mass is 10.1. The molecule has 0 amide bonds. The van der Waals surface area contributed by atoms with Crippen LogP contribution in [0, 0.1) is 22.7 Å². The van der Waals surface area contributed by atoms with Crippen LogP contribution in [0.1, 0.15) is 11.1 Å². The van der Waals surface area contributed by atoms with E-state index in [2.05, 4.69) is 166 Å². The average Bonchev–Trinajstić information content (AvgIpc) is 3.92. The van der Waals surface area contributed by atoms with Gasteiger partial charge in [0, 0.05) is 68.6 Å². The zero-order valence-electron chi connectivity index (χ0n) is 30.1. The number of rotatable bonds is 3. The Hall–Kier alpha value is -7.29. The van der Waals surface area contributed by atoms with Gasteiger partial charge in [-0.25, -0.2) is 0 Å². The molecule has 0 saturated carbocycles. The van der Waals surface area contributed by atoms with Gasteiger partial charge in [0.25, 0.3) is 0 Å². The van der Waals surface area contributed by atoms with E-state index in [0.717, 1.165) is 81.8 Å². The molecule has 0 radical (unpaired) electrons. The first-order chi connectivity index (χ1) is 28.1. The third-order valence-corrected chi connectivity index (χ3v) is 13.6. The van der Waals surface area contributed by atoms with E-state index in [1.807, 2.05) is 35.6 Å². The van der Waals surface area contributed by atoms with E-state index in [9.17, 15) is 10.5 Å². The first-order valence-electron chi connectivity index (χ1n) is 18.7. The highest BCUT2D eigenvalue weighted by Crippen LogP contribution is 2.54. The molecule has 7 heteroatoms. The third-order valence-electron chi connectivity index (χ3n) is 11.3. The van der Waals surface area contributed by atoms with Gasteiger partial charge in [0.1, 0.15) is 0 Å². The standard InChI is InChI=1S/C50H27N5S2/c51-28-30-13-18-43-38(23-30)35-7-1-4-10-41(35)53(43)33-15-20-45-49(26-33)57-50-27-34(54-42-11-5-2-8-36(42)39-24-31(29-52)14-19-44(39)54)16-21-46(50)55(45)32-17-22-48-40(25-32)37-9-3-6-12-47(37)56-48/h1-27H. The van der Waals surface area contributed by atoms with Crippen LogP contribution in [0.15, 0.2) is 174 Å². The third kappa shape index (κ3) is 4.68. The molecule has 8 aromatic carbocycles. The Labute approximate surface area is 335 Å². The molecular formula is C50H27N5S2. The summed E-state index contributed by atoms with van der Waals surface area (Å²) < 4.78 is 7.20. The topological polar surface area (TPSA) is 60.7 Å². The smallest absolute Gasteiger partial charge is 0.0991 e. The number of hydrogen-bond donors (Lipinski definition) is 0. The molecule has 4 heterocycles. The first kappa shape index (κ1) is 32.0. The summed E-state index contributed by atoms with van der Waals surface area (Å²) >= 11 is 3.63. The van der Waals surface area contributed by atoms with Gasteiger partial charge in [-0.15, -0.1) is 11.3 Å². The lowest BCUT2D eigenvalue weighted by molar-refractivity contribution is 1.11. The summed E-state index contributed by atoms with van der Waals surface area (Å²) in [6.07, 6.45) is 0. The predicted molar refractivity (Wildman–Crippen MR) is 236 cm³/mol. The summed E-state index contributed by atoms with van der Waals surface area (Å²) in [7, 11) is 0. The van der Waals surface area contributed by atoms with Crippen LogP contribution in [0.2, 0.25) is 0 Å². The fourth-order valence-electron chi connectivity index (χ4n) is 8.84. The van der Waals surface area contributed by atoms with Crippen LogP contribution in [-0.4, -0.2) is 9.13 Å². The maximum Gasteiger partial charge on any atom is 0.0991 e. The molecule has 5 nitrogen and oxygen atoms in total. The Balaban J connectivity index is 1.09. The van der Waals surface area contributed by atoms with Gasteiger partial charge in [0.15, 0.2) is 0 Å². The molecule has 1 aliphatic rings. The molecule has 0 atom stereocenters. The highest BCUT2D eigenvalue weighted by Gasteiger charge is 2.28. The maximum atomic E-state index is 9.75. The van der Waals surface area contributed by atoms with E-state index < -0.39 is 0 Å². The Morgan fingerprint density at radius 2 is 0.877 bits per heavy atom. The Bertz CT molecular complexity index is 3430. The van der Waals surface area contributed by atoms with E-state index in [1.165, 1.54) is 20.2 Å². The van der Waals surface area contributed by atoms with Crippen molar-refractivity contribution in [2.45, 2.75) is 9.79 Å². The summed E-state index contributed by atoms with van der Waals surface area (Å²) in [5.41, 5.74) is 11.1. The molecule has 11 aromatic rings. The summed E-state index contributed by atoms with van der Waals surface area (Å²) in [5.74, 6) is 0. The van der Waals surface area contributed by atoms with Gasteiger partial charge in [-0.2, -0.15) is 10.5 Å². The van der Waals surface area contributed by atoms with Crippen LogP contribution in [0.4, 0.5) is 17.1 Å². The van der Waals surface area contributed by atoms with Crippen LogP contribution < -0.4 is 4.90 Å². The summed E-state index contributed by atoms with van der Waals surface area (Å²) in [6, 6.07) is 62.6. The van der Waals surface area contributed by atoms with Crippen LogP contribution in [-0.2, 0) is 0 Å². The molecule has 1 aliphatic heterocycles. The predicted octanol–water partition coefficient (Wildman–Crippen LogP) is 13.9. The molecule has 57 heavy (non-hydrogen) atoms. The summed E-state index contributed by atoms with van der Waals surface area (Å²) in [5, 5.41) is 26.4. The Kier molecular flexibility index (Phi) is 6.80. The van der Waals surface area contributed by atoms with Gasteiger partial charge < -0.3 is 14.0 Å². The number of fused-ring (bicyclic) bond motifs is 11. The van der Waals surface area contributed by atoms with Crippen LogP contribution in [0.5, 0.6) is 0 Å².